The van der Waals surface area contributed by atoms with Gasteiger partial charge in [-0.1, -0.05) is 61.5 Å². The highest BCUT2D eigenvalue weighted by Crippen LogP contribution is 2.10. The summed E-state index contributed by atoms with van der Waals surface area (Å²) in [5.74, 6) is 1.16. The van der Waals surface area contributed by atoms with Crippen molar-refractivity contribution >= 4 is 5.96 Å². The van der Waals surface area contributed by atoms with E-state index >= 15 is 0 Å². The van der Waals surface area contributed by atoms with E-state index < -0.39 is 0 Å². The van der Waals surface area contributed by atoms with Crippen LogP contribution in [0, 0.1) is 5.92 Å². The first kappa shape index (κ1) is 21.6. The van der Waals surface area contributed by atoms with E-state index in [1.807, 2.05) is 35.1 Å². The molecule has 1 aromatic heterocycles. The van der Waals surface area contributed by atoms with Crippen molar-refractivity contribution in [3.63, 3.8) is 0 Å². The first-order chi connectivity index (χ1) is 14.7. The molecule has 0 fully saturated rings. The molecule has 3 aromatic rings. The van der Waals surface area contributed by atoms with E-state index in [4.69, 9.17) is 4.74 Å². The molecule has 158 valence electrons. The van der Waals surface area contributed by atoms with Gasteiger partial charge in [0.05, 0.1) is 19.8 Å². The highest BCUT2D eigenvalue weighted by atomic mass is 16.5. The fourth-order valence-electron chi connectivity index (χ4n) is 3.13. The predicted octanol–water partition coefficient (Wildman–Crippen LogP) is 3.45. The van der Waals surface area contributed by atoms with Crippen molar-refractivity contribution in [1.82, 2.24) is 20.4 Å². The smallest absolute Gasteiger partial charge is 0.191 e. The largest absolute Gasteiger partial charge is 0.376 e. The van der Waals surface area contributed by atoms with Gasteiger partial charge in [-0.25, -0.2) is 0 Å². The molecule has 0 amide bonds. The van der Waals surface area contributed by atoms with Crippen molar-refractivity contribution in [2.75, 3.05) is 20.2 Å². The number of nitrogens with zero attached hydrogens (tertiary/aromatic N) is 3. The second-order valence-corrected chi connectivity index (χ2v) is 7.38. The van der Waals surface area contributed by atoms with Gasteiger partial charge in [0.2, 0.25) is 0 Å². The molecular formula is C24H31N5O. The van der Waals surface area contributed by atoms with Crippen LogP contribution in [0.1, 0.15) is 23.6 Å². The van der Waals surface area contributed by atoms with Gasteiger partial charge in [0, 0.05) is 32.5 Å². The second-order valence-electron chi connectivity index (χ2n) is 7.38. The lowest BCUT2D eigenvalue weighted by Crippen LogP contribution is -2.39. The Labute approximate surface area is 179 Å². The van der Waals surface area contributed by atoms with Crippen LogP contribution in [0.3, 0.4) is 0 Å². The van der Waals surface area contributed by atoms with Gasteiger partial charge in [-0.15, -0.1) is 0 Å². The molecule has 1 unspecified atom stereocenters. The molecule has 1 atom stereocenters. The minimum atomic E-state index is 0.374. The Morgan fingerprint density at radius 1 is 1.03 bits per heavy atom. The normalized spacial score (nSPS) is 12.5. The van der Waals surface area contributed by atoms with E-state index in [1.54, 1.807) is 13.2 Å². The van der Waals surface area contributed by atoms with Crippen molar-refractivity contribution in [3.05, 3.63) is 89.7 Å². The molecule has 6 heteroatoms. The average Bonchev–Trinajstić information content (AvgIpc) is 3.29. The fourth-order valence-corrected chi connectivity index (χ4v) is 3.13. The number of rotatable bonds is 10. The van der Waals surface area contributed by atoms with Crippen molar-refractivity contribution in [2.45, 2.75) is 26.6 Å². The first-order valence-corrected chi connectivity index (χ1v) is 10.3. The Bertz CT molecular complexity index is 893. The minimum absolute atomic E-state index is 0.374. The third-order valence-corrected chi connectivity index (χ3v) is 4.81. The molecule has 2 aromatic carbocycles. The molecule has 0 bridgehead atoms. The van der Waals surface area contributed by atoms with Crippen LogP contribution in [0.5, 0.6) is 0 Å². The lowest BCUT2D eigenvalue weighted by Gasteiger charge is -2.17. The number of benzene rings is 2. The quantitative estimate of drug-likeness (QED) is 0.401. The molecule has 0 aliphatic heterocycles. The van der Waals surface area contributed by atoms with Gasteiger partial charge in [0.15, 0.2) is 5.96 Å². The number of hydrogen-bond donors (Lipinski definition) is 2. The van der Waals surface area contributed by atoms with Crippen molar-refractivity contribution in [3.8, 4) is 0 Å². The average molecular weight is 406 g/mol. The van der Waals surface area contributed by atoms with Crippen LogP contribution in [0.2, 0.25) is 0 Å². The van der Waals surface area contributed by atoms with E-state index in [1.165, 1.54) is 16.7 Å². The van der Waals surface area contributed by atoms with E-state index in [0.29, 0.717) is 25.7 Å². The van der Waals surface area contributed by atoms with Gasteiger partial charge in [-0.2, -0.15) is 5.10 Å². The molecule has 0 saturated heterocycles. The summed E-state index contributed by atoms with van der Waals surface area (Å²) < 4.78 is 7.77. The zero-order valence-electron chi connectivity index (χ0n) is 17.8. The van der Waals surface area contributed by atoms with Gasteiger partial charge >= 0.3 is 0 Å². The number of hydrogen-bond acceptors (Lipinski definition) is 3. The molecule has 6 nitrogen and oxygen atoms in total. The highest BCUT2D eigenvalue weighted by Gasteiger charge is 2.07. The van der Waals surface area contributed by atoms with Crippen LogP contribution < -0.4 is 10.6 Å². The fraction of sp³-hybridized carbons (Fsp3) is 0.333. The molecule has 0 saturated carbocycles. The molecule has 30 heavy (non-hydrogen) atoms. The molecule has 3 rings (SSSR count). The third kappa shape index (κ3) is 7.04. The molecular weight excluding hydrogens is 374 g/mol. The van der Waals surface area contributed by atoms with Crippen LogP contribution in [0.4, 0.5) is 0 Å². The second kappa shape index (κ2) is 11.8. The standard InChI is InChI=1S/C24H31N5O/c1-20(18-30-19-21-9-4-3-5-10-21)15-26-24(25-2)27-16-22-11-6-7-12-23(22)17-29-14-8-13-28-29/h3-14,20H,15-19H2,1-2H3,(H2,25,26,27). The zero-order valence-corrected chi connectivity index (χ0v) is 17.8. The van der Waals surface area contributed by atoms with Crippen molar-refractivity contribution in [2.24, 2.45) is 10.9 Å². The van der Waals surface area contributed by atoms with Crippen LogP contribution in [-0.2, 0) is 24.4 Å². The molecule has 1 heterocycles. The topological polar surface area (TPSA) is 63.5 Å². The Kier molecular flexibility index (Phi) is 8.47. The van der Waals surface area contributed by atoms with Gasteiger partial charge in [0.25, 0.3) is 0 Å². The summed E-state index contributed by atoms with van der Waals surface area (Å²) in [6, 6.07) is 20.6. The number of guanidine groups is 1. The monoisotopic (exact) mass is 405 g/mol. The summed E-state index contributed by atoms with van der Waals surface area (Å²) >= 11 is 0. The lowest BCUT2D eigenvalue weighted by molar-refractivity contribution is 0.0931. The van der Waals surface area contributed by atoms with Crippen LogP contribution in [0.15, 0.2) is 78.0 Å². The number of nitrogens with one attached hydrogen (secondary N) is 2. The lowest BCUT2D eigenvalue weighted by atomic mass is 10.1. The predicted molar refractivity (Wildman–Crippen MR) is 121 cm³/mol. The Morgan fingerprint density at radius 3 is 2.53 bits per heavy atom. The number of aliphatic imine (C=N–C) groups is 1. The van der Waals surface area contributed by atoms with E-state index in [9.17, 15) is 0 Å². The maximum absolute atomic E-state index is 5.83. The van der Waals surface area contributed by atoms with Crippen molar-refractivity contribution < 1.29 is 4.74 Å². The summed E-state index contributed by atoms with van der Waals surface area (Å²) in [7, 11) is 1.79. The molecule has 0 spiro atoms. The maximum Gasteiger partial charge on any atom is 0.191 e. The van der Waals surface area contributed by atoms with Crippen LogP contribution >= 0.6 is 0 Å². The van der Waals surface area contributed by atoms with Crippen LogP contribution in [-0.4, -0.2) is 35.9 Å². The Balaban J connectivity index is 1.41. The van der Waals surface area contributed by atoms with Gasteiger partial charge < -0.3 is 15.4 Å². The van der Waals surface area contributed by atoms with Gasteiger partial charge in [-0.3, -0.25) is 9.67 Å². The van der Waals surface area contributed by atoms with E-state index in [-0.39, 0.29) is 0 Å². The van der Waals surface area contributed by atoms with E-state index in [2.05, 4.69) is 64.0 Å². The molecule has 2 N–H and O–H groups in total. The zero-order chi connectivity index (χ0) is 21.0. The summed E-state index contributed by atoms with van der Waals surface area (Å²) in [6.07, 6.45) is 3.78. The summed E-state index contributed by atoms with van der Waals surface area (Å²) in [5, 5.41) is 11.1. The SMILES string of the molecule is CN=C(NCc1ccccc1Cn1cccn1)NCC(C)COCc1ccccc1. The summed E-state index contributed by atoms with van der Waals surface area (Å²) in [6.45, 7) is 5.77. The maximum atomic E-state index is 5.83. The summed E-state index contributed by atoms with van der Waals surface area (Å²) in [5.41, 5.74) is 3.67. The Morgan fingerprint density at radius 2 is 1.80 bits per heavy atom. The minimum Gasteiger partial charge on any atom is -0.376 e. The Hall–Kier alpha value is -3.12. The first-order valence-electron chi connectivity index (χ1n) is 10.3. The molecule has 0 aliphatic rings. The highest BCUT2D eigenvalue weighted by molar-refractivity contribution is 5.79. The van der Waals surface area contributed by atoms with Gasteiger partial charge in [-0.05, 0) is 28.7 Å². The molecule has 0 aliphatic carbocycles. The number of ether oxygens (including phenoxy) is 1. The van der Waals surface area contributed by atoms with Gasteiger partial charge in [0.1, 0.15) is 0 Å². The summed E-state index contributed by atoms with van der Waals surface area (Å²) in [4.78, 5) is 4.34. The van der Waals surface area contributed by atoms with Crippen LogP contribution in [0.25, 0.3) is 0 Å². The van der Waals surface area contributed by atoms with E-state index in [0.717, 1.165) is 19.0 Å². The third-order valence-electron chi connectivity index (χ3n) is 4.81. The van der Waals surface area contributed by atoms with Crippen molar-refractivity contribution in [1.29, 1.82) is 0 Å². The molecule has 0 radical (unpaired) electrons. The number of aromatic nitrogens is 2.